The Morgan fingerprint density at radius 3 is 2.37 bits per heavy atom. The van der Waals surface area contributed by atoms with Crippen molar-refractivity contribution in [3.63, 3.8) is 0 Å². The summed E-state index contributed by atoms with van der Waals surface area (Å²) >= 11 is 1.64. The number of carbonyl (C=O) groups is 1. The van der Waals surface area contributed by atoms with Gasteiger partial charge >= 0.3 is 6.03 Å². The monoisotopic (exact) mass is 485 g/mol. The largest absolute Gasteiger partial charge is 0.328 e. The first-order valence-corrected chi connectivity index (χ1v) is 12.8. The number of anilines is 1. The molecule has 0 saturated heterocycles. The Balaban J connectivity index is 1.55. The number of nitrogens with one attached hydrogen (secondary N) is 2. The summed E-state index contributed by atoms with van der Waals surface area (Å²) in [7, 11) is 0. The van der Waals surface area contributed by atoms with Gasteiger partial charge in [-0.1, -0.05) is 72.8 Å². The highest BCUT2D eigenvalue weighted by atomic mass is 32.2. The van der Waals surface area contributed by atoms with E-state index in [4.69, 9.17) is 0 Å². The summed E-state index contributed by atoms with van der Waals surface area (Å²) in [6.07, 6.45) is 0.961. The van der Waals surface area contributed by atoms with E-state index in [-0.39, 0.29) is 12.1 Å². The van der Waals surface area contributed by atoms with Crippen molar-refractivity contribution in [3.8, 4) is 5.69 Å². The van der Waals surface area contributed by atoms with Crippen LogP contribution in [0.1, 0.15) is 48.0 Å². The van der Waals surface area contributed by atoms with Gasteiger partial charge in [0.1, 0.15) is 0 Å². The maximum Gasteiger partial charge on any atom is 0.319 e. The summed E-state index contributed by atoms with van der Waals surface area (Å²) in [5.41, 5.74) is 6.63. The second kappa shape index (κ2) is 11.2. The normalized spacial score (nSPS) is 11.8. The van der Waals surface area contributed by atoms with Gasteiger partial charge in [-0.2, -0.15) is 0 Å². The van der Waals surface area contributed by atoms with Gasteiger partial charge in [-0.05, 0) is 68.1 Å². The predicted octanol–water partition coefficient (Wildman–Crippen LogP) is 6.62. The van der Waals surface area contributed by atoms with Gasteiger partial charge in [0, 0.05) is 17.1 Å². The molecule has 0 fully saturated rings. The van der Waals surface area contributed by atoms with Crippen LogP contribution < -0.4 is 10.6 Å². The van der Waals surface area contributed by atoms with Crippen molar-refractivity contribution in [2.24, 2.45) is 0 Å². The summed E-state index contributed by atoms with van der Waals surface area (Å²) in [5, 5.41) is 15.7. The predicted molar refractivity (Wildman–Crippen MR) is 143 cm³/mol. The summed E-state index contributed by atoms with van der Waals surface area (Å²) in [6, 6.07) is 23.8. The van der Waals surface area contributed by atoms with Crippen LogP contribution >= 0.6 is 11.8 Å². The quantitative estimate of drug-likeness (QED) is 0.275. The van der Waals surface area contributed by atoms with E-state index in [0.29, 0.717) is 5.82 Å². The van der Waals surface area contributed by atoms with Crippen molar-refractivity contribution < 1.29 is 4.79 Å². The molecule has 7 heteroatoms. The Hall–Kier alpha value is -3.58. The lowest BCUT2D eigenvalue weighted by Crippen LogP contribution is -2.32. The van der Waals surface area contributed by atoms with Gasteiger partial charge in [-0.25, -0.2) is 4.79 Å². The fraction of sp³-hybridized carbons (Fsp3) is 0.250. The second-order valence-electron chi connectivity index (χ2n) is 8.60. The van der Waals surface area contributed by atoms with Gasteiger partial charge in [0.2, 0.25) is 0 Å². The van der Waals surface area contributed by atoms with Crippen molar-refractivity contribution in [1.29, 1.82) is 0 Å². The number of aromatic nitrogens is 3. The molecule has 1 aromatic heterocycles. The third-order valence-corrected chi connectivity index (χ3v) is 6.90. The molecule has 1 unspecified atom stereocenters. The standard InChI is InChI=1S/C28H31N5OS/c1-5-22-12-14-24(15-13-22)30-27(34)29-21(4)26-31-32-28(33(26)25-16-10-19(2)11-17-25)35-18-23-9-7-6-8-20(23)3/h6-17,21H,5,18H2,1-4H3,(H2,29,30,34). The van der Waals surface area contributed by atoms with Gasteiger partial charge < -0.3 is 10.6 Å². The van der Waals surface area contributed by atoms with E-state index in [1.165, 1.54) is 22.3 Å². The van der Waals surface area contributed by atoms with Crippen LogP contribution in [0.25, 0.3) is 5.69 Å². The summed E-state index contributed by atoms with van der Waals surface area (Å²) in [4.78, 5) is 12.7. The van der Waals surface area contributed by atoms with E-state index >= 15 is 0 Å². The zero-order chi connectivity index (χ0) is 24.8. The van der Waals surface area contributed by atoms with Crippen LogP contribution in [0.3, 0.4) is 0 Å². The number of carbonyl (C=O) groups excluding carboxylic acids is 1. The summed E-state index contributed by atoms with van der Waals surface area (Å²) in [6.45, 7) is 8.21. The molecular weight excluding hydrogens is 454 g/mol. The Morgan fingerprint density at radius 1 is 0.971 bits per heavy atom. The molecule has 2 N–H and O–H groups in total. The van der Waals surface area contributed by atoms with Crippen molar-refractivity contribution in [3.05, 3.63) is 101 Å². The first-order valence-electron chi connectivity index (χ1n) is 11.8. The van der Waals surface area contributed by atoms with Gasteiger partial charge in [-0.3, -0.25) is 4.57 Å². The van der Waals surface area contributed by atoms with E-state index in [2.05, 4.69) is 84.1 Å². The Bertz CT molecular complexity index is 1280. The van der Waals surface area contributed by atoms with Gasteiger partial charge in [0.15, 0.2) is 11.0 Å². The van der Waals surface area contributed by atoms with Crippen molar-refractivity contribution in [2.45, 2.75) is 51.1 Å². The highest BCUT2D eigenvalue weighted by Gasteiger charge is 2.21. The maximum absolute atomic E-state index is 12.7. The first-order chi connectivity index (χ1) is 16.9. The fourth-order valence-corrected chi connectivity index (χ4v) is 4.79. The number of amides is 2. The lowest BCUT2D eigenvalue weighted by molar-refractivity contribution is 0.249. The molecule has 0 saturated carbocycles. The Labute approximate surface area is 211 Å². The van der Waals surface area contributed by atoms with Crippen LogP contribution in [-0.4, -0.2) is 20.8 Å². The minimum absolute atomic E-state index is 0.283. The van der Waals surface area contributed by atoms with Crippen molar-refractivity contribution in [1.82, 2.24) is 20.1 Å². The van der Waals surface area contributed by atoms with E-state index in [9.17, 15) is 4.79 Å². The molecule has 35 heavy (non-hydrogen) atoms. The molecule has 0 bridgehead atoms. The van der Waals surface area contributed by atoms with Crippen LogP contribution in [-0.2, 0) is 12.2 Å². The third-order valence-electron chi connectivity index (χ3n) is 5.92. The van der Waals surface area contributed by atoms with Crippen molar-refractivity contribution >= 4 is 23.5 Å². The molecule has 6 nitrogen and oxygen atoms in total. The average molecular weight is 486 g/mol. The first kappa shape index (κ1) is 24.5. The smallest absolute Gasteiger partial charge is 0.319 e. The van der Waals surface area contributed by atoms with Crippen LogP contribution in [0.4, 0.5) is 10.5 Å². The molecule has 180 valence electrons. The van der Waals surface area contributed by atoms with Gasteiger partial charge in [0.05, 0.1) is 6.04 Å². The molecule has 1 atom stereocenters. The van der Waals surface area contributed by atoms with E-state index < -0.39 is 0 Å². The highest BCUT2D eigenvalue weighted by Crippen LogP contribution is 2.28. The van der Waals surface area contributed by atoms with E-state index in [0.717, 1.165) is 28.7 Å². The number of hydrogen-bond acceptors (Lipinski definition) is 4. The molecule has 2 amide bonds. The Morgan fingerprint density at radius 2 is 1.69 bits per heavy atom. The SMILES string of the molecule is CCc1ccc(NC(=O)NC(C)c2nnc(SCc3ccccc3C)n2-c2ccc(C)cc2)cc1. The molecular formula is C28H31N5OS. The molecule has 0 radical (unpaired) electrons. The molecule has 1 heterocycles. The highest BCUT2D eigenvalue weighted by molar-refractivity contribution is 7.98. The number of thioether (sulfide) groups is 1. The third kappa shape index (κ3) is 6.11. The van der Waals surface area contributed by atoms with Crippen LogP contribution in [0.15, 0.2) is 78.0 Å². The number of rotatable bonds is 8. The molecule has 0 aliphatic carbocycles. The average Bonchev–Trinajstić information content (AvgIpc) is 3.28. The second-order valence-corrected chi connectivity index (χ2v) is 9.54. The molecule has 0 aliphatic heterocycles. The number of hydrogen-bond donors (Lipinski definition) is 2. The lowest BCUT2D eigenvalue weighted by atomic mass is 10.1. The van der Waals surface area contributed by atoms with Gasteiger partial charge in [-0.15, -0.1) is 10.2 Å². The van der Waals surface area contributed by atoms with Crippen LogP contribution in [0, 0.1) is 13.8 Å². The molecule has 4 rings (SSSR count). The maximum atomic E-state index is 12.7. The van der Waals surface area contributed by atoms with E-state index in [1.54, 1.807) is 11.8 Å². The summed E-state index contributed by atoms with van der Waals surface area (Å²) in [5.74, 6) is 1.46. The molecule has 4 aromatic rings. The van der Waals surface area contributed by atoms with Crippen molar-refractivity contribution in [2.75, 3.05) is 5.32 Å². The topological polar surface area (TPSA) is 71.8 Å². The Kier molecular flexibility index (Phi) is 7.87. The molecule has 0 aliphatic rings. The zero-order valence-corrected chi connectivity index (χ0v) is 21.4. The van der Waals surface area contributed by atoms with Gasteiger partial charge in [0.25, 0.3) is 0 Å². The lowest BCUT2D eigenvalue weighted by Gasteiger charge is -2.17. The number of nitrogens with zero attached hydrogens (tertiary/aromatic N) is 3. The zero-order valence-electron chi connectivity index (χ0n) is 20.6. The van der Waals surface area contributed by atoms with Crippen LogP contribution in [0.5, 0.6) is 0 Å². The fourth-order valence-electron chi connectivity index (χ4n) is 3.76. The number of benzene rings is 3. The minimum atomic E-state index is -0.355. The minimum Gasteiger partial charge on any atom is -0.328 e. The van der Waals surface area contributed by atoms with E-state index in [1.807, 2.05) is 41.8 Å². The molecule has 3 aromatic carbocycles. The van der Waals surface area contributed by atoms with Crippen LogP contribution in [0.2, 0.25) is 0 Å². The summed E-state index contributed by atoms with van der Waals surface area (Å²) < 4.78 is 2.03. The number of aryl methyl sites for hydroxylation is 3. The molecule has 0 spiro atoms. The number of urea groups is 1.